The highest BCUT2D eigenvalue weighted by Crippen LogP contribution is 2.27. The van der Waals surface area contributed by atoms with Crippen LogP contribution in [0.1, 0.15) is 52.4 Å². The van der Waals surface area contributed by atoms with Crippen molar-refractivity contribution in [1.82, 2.24) is 10.6 Å². The molecule has 3 heterocycles. The van der Waals surface area contributed by atoms with Crippen LogP contribution < -0.4 is 16.4 Å². The normalized spacial score (nSPS) is 25.8. The average molecular weight is 1040 g/mol. The van der Waals surface area contributed by atoms with Crippen LogP contribution in [0.25, 0.3) is 0 Å². The van der Waals surface area contributed by atoms with E-state index in [1.165, 1.54) is 26.4 Å². The monoisotopic (exact) mass is 1030 g/mol. The molecule has 25 heteroatoms. The standard InChI is InChI=1S/C21H40N2O8S.C16H32N2O8.C4H7NS.2ClH/c1-15-17(31-21(27-2)20(26)19(15)25)13-30-14-18(24)23-7-9-29-11-10-28-8-3-5-16(22)6-4-12-32;1-11-12(26-16(22-2)15(21)14(11)20)9-25-10-13(19)18-4-6-24-8-7-23-5-3-17;5-4-2-1-3-6-4;;/h15,17,19-22,25-26,32H,3-14H2,1-2H3,(H,23,24);11-12,14-16,20-21H,3-10,17H2,1-2H3,(H,18,19);5H,1-3H2;2*1H/t15-,17?,19+,20?,21-;11-,12?,14+,15?,16-;;;/m11.../s1. The summed E-state index contributed by atoms with van der Waals surface area (Å²) in [6.07, 6.45) is -1.45. The average Bonchev–Trinajstić information content (AvgIpc) is 3.78. The van der Waals surface area contributed by atoms with Gasteiger partial charge < -0.3 is 89.6 Å². The van der Waals surface area contributed by atoms with Gasteiger partial charge in [0.1, 0.15) is 25.4 Å². The molecule has 0 bridgehead atoms. The van der Waals surface area contributed by atoms with Crippen molar-refractivity contribution in [2.24, 2.45) is 17.6 Å². The summed E-state index contributed by atoms with van der Waals surface area (Å²) in [6, 6.07) is 0. The van der Waals surface area contributed by atoms with Crippen LogP contribution in [0.3, 0.4) is 0 Å². The molecular weight excluding hydrogens is 954 g/mol. The second-order valence-corrected chi connectivity index (χ2v) is 16.8. The van der Waals surface area contributed by atoms with Crippen molar-refractivity contribution in [1.29, 1.82) is 10.8 Å². The highest BCUT2D eigenvalue weighted by molar-refractivity contribution is 8.14. The maximum absolute atomic E-state index is 11.8. The second kappa shape index (κ2) is 42.8. The lowest BCUT2D eigenvalue weighted by atomic mass is 9.91. The Morgan fingerprint density at radius 3 is 1.53 bits per heavy atom. The number of carbonyl (C=O) groups is 2. The number of aliphatic hydroxyl groups is 4. The molecule has 2 amide bonds. The molecule has 4 unspecified atom stereocenters. The number of halogens is 2. The maximum atomic E-state index is 11.8. The number of hydrogen-bond donors (Lipinski definition) is 10. The molecule has 3 aliphatic heterocycles. The van der Waals surface area contributed by atoms with E-state index in [1.807, 2.05) is 0 Å². The van der Waals surface area contributed by atoms with Gasteiger partial charge in [0.2, 0.25) is 11.8 Å². The van der Waals surface area contributed by atoms with Crippen LogP contribution in [0.15, 0.2) is 0 Å². The molecule has 0 spiro atoms. The lowest BCUT2D eigenvalue weighted by molar-refractivity contribution is -0.282. The van der Waals surface area contributed by atoms with E-state index < -0.39 is 49.2 Å². The molecular formula is C41H81Cl2N5O16S2. The molecule has 0 aliphatic carbocycles. The van der Waals surface area contributed by atoms with E-state index in [-0.39, 0.29) is 74.9 Å². The lowest BCUT2D eigenvalue weighted by Crippen LogP contribution is -2.55. The minimum Gasteiger partial charge on any atom is -0.390 e. The molecule has 3 aliphatic rings. The van der Waals surface area contributed by atoms with E-state index in [1.54, 1.807) is 25.6 Å². The summed E-state index contributed by atoms with van der Waals surface area (Å²) in [5.41, 5.74) is 6.03. The number of amides is 2. The van der Waals surface area contributed by atoms with Crippen LogP contribution >= 0.6 is 49.2 Å². The van der Waals surface area contributed by atoms with Crippen molar-refractivity contribution in [3.8, 4) is 0 Å². The van der Waals surface area contributed by atoms with Crippen LogP contribution in [-0.4, -0.2) is 217 Å². The van der Waals surface area contributed by atoms with E-state index >= 15 is 0 Å². The largest absolute Gasteiger partial charge is 0.390 e. The quantitative estimate of drug-likeness (QED) is 0.0258. The number of carbonyl (C=O) groups excluding carboxylic acids is 2. The Bertz CT molecular complexity index is 1240. The number of thioether (sulfide) groups is 1. The predicted molar refractivity (Wildman–Crippen MR) is 258 cm³/mol. The third-order valence-corrected chi connectivity index (χ3v) is 11.4. The molecule has 21 nitrogen and oxygen atoms in total. The molecule has 0 radical (unpaired) electrons. The molecule has 10 N–H and O–H groups in total. The van der Waals surface area contributed by atoms with E-state index in [0.717, 1.165) is 48.6 Å². The summed E-state index contributed by atoms with van der Waals surface area (Å²) < 4.78 is 53.1. The number of ether oxygens (including phenoxy) is 10. The predicted octanol–water partition coefficient (Wildman–Crippen LogP) is 0.566. The highest BCUT2D eigenvalue weighted by atomic mass is 35.5. The third-order valence-electron chi connectivity index (χ3n) is 9.99. The Kier molecular flexibility index (Phi) is 43.5. The van der Waals surface area contributed by atoms with Crippen molar-refractivity contribution < 1.29 is 77.4 Å². The molecule has 3 saturated heterocycles. The minimum absolute atomic E-state index is 0. The van der Waals surface area contributed by atoms with Gasteiger partial charge in [0, 0.05) is 58.0 Å². The zero-order chi connectivity index (χ0) is 47.5. The Hall–Kier alpha value is -1.04. The lowest BCUT2D eigenvalue weighted by Gasteiger charge is -2.40. The number of nitrogens with one attached hydrogen (secondary N) is 4. The van der Waals surface area contributed by atoms with Crippen LogP contribution in [0.2, 0.25) is 0 Å². The van der Waals surface area contributed by atoms with Crippen molar-refractivity contribution >= 4 is 71.8 Å². The van der Waals surface area contributed by atoms with Crippen LogP contribution in [-0.2, 0) is 57.0 Å². The third kappa shape index (κ3) is 30.5. The minimum atomic E-state index is -1.12. The maximum Gasteiger partial charge on any atom is 0.246 e. The SMILES string of the molecule is CO[C@@H]1OC(COCC(=O)NCCOCCOCCCC(=N)CCCS)[C@@H](C)[C@H](O)C1O.CO[C@@H]1OC(COCC(=O)NCCOCCOCCN)[C@@H](C)[C@H](O)C1O.Cl.Cl.N=C1CCCS1. The first-order chi connectivity index (χ1) is 30.8. The van der Waals surface area contributed by atoms with Crippen molar-refractivity contribution in [2.45, 2.75) is 102 Å². The number of aliphatic hydroxyl groups excluding tert-OH is 4. The van der Waals surface area contributed by atoms with E-state index in [0.29, 0.717) is 72.5 Å². The molecule has 3 rings (SSSR count). The van der Waals surface area contributed by atoms with Gasteiger partial charge in [0.15, 0.2) is 12.6 Å². The van der Waals surface area contributed by atoms with E-state index in [4.69, 9.17) is 63.9 Å². The highest BCUT2D eigenvalue weighted by Gasteiger charge is 2.43. The van der Waals surface area contributed by atoms with Gasteiger partial charge in [-0.2, -0.15) is 12.6 Å². The fourth-order valence-electron chi connectivity index (χ4n) is 6.10. The van der Waals surface area contributed by atoms with Gasteiger partial charge in [-0.05, 0) is 50.0 Å². The summed E-state index contributed by atoms with van der Waals surface area (Å²) in [5, 5.41) is 60.7. The first-order valence-electron chi connectivity index (χ1n) is 22.0. The summed E-state index contributed by atoms with van der Waals surface area (Å²) in [7, 11) is 2.77. The number of nitrogens with two attached hydrogens (primary N) is 1. The van der Waals surface area contributed by atoms with Crippen molar-refractivity contribution in [3.63, 3.8) is 0 Å². The summed E-state index contributed by atoms with van der Waals surface area (Å²) in [6.45, 7) is 8.28. The molecule has 10 atom stereocenters. The van der Waals surface area contributed by atoms with Gasteiger partial charge in [-0.1, -0.05) is 13.8 Å². The number of thiol groups is 1. The first-order valence-corrected chi connectivity index (χ1v) is 23.6. The van der Waals surface area contributed by atoms with E-state index in [2.05, 4.69) is 23.3 Å². The zero-order valence-corrected chi connectivity index (χ0v) is 42.3. The fraction of sp³-hybridized carbons (Fsp3) is 0.902. The number of rotatable bonds is 31. The molecule has 0 aromatic heterocycles. The zero-order valence-electron chi connectivity index (χ0n) is 39.0. The summed E-state index contributed by atoms with van der Waals surface area (Å²) >= 11 is 5.82. The number of hydrogen-bond acceptors (Lipinski definition) is 21. The van der Waals surface area contributed by atoms with E-state index in [9.17, 15) is 30.0 Å². The Labute approximate surface area is 412 Å². The second-order valence-electron chi connectivity index (χ2n) is 15.1. The fourth-order valence-corrected chi connectivity index (χ4v) is 7.09. The van der Waals surface area contributed by atoms with Gasteiger partial charge in [0.25, 0.3) is 0 Å². The van der Waals surface area contributed by atoms with Gasteiger partial charge in [-0.3, -0.25) is 15.0 Å². The van der Waals surface area contributed by atoms with Crippen molar-refractivity contribution in [2.75, 3.05) is 125 Å². The van der Waals surface area contributed by atoms with Gasteiger partial charge in [0.05, 0.1) is 88.9 Å². The number of methoxy groups -OCH3 is 2. The Morgan fingerprint density at radius 1 is 0.712 bits per heavy atom. The Morgan fingerprint density at radius 2 is 1.15 bits per heavy atom. The van der Waals surface area contributed by atoms with Crippen LogP contribution in [0.5, 0.6) is 0 Å². The van der Waals surface area contributed by atoms with Crippen LogP contribution in [0, 0.1) is 22.7 Å². The van der Waals surface area contributed by atoms with Crippen LogP contribution in [0.4, 0.5) is 0 Å². The molecule has 3 fully saturated rings. The van der Waals surface area contributed by atoms with Gasteiger partial charge in [-0.25, -0.2) is 0 Å². The summed E-state index contributed by atoms with van der Waals surface area (Å²) in [5.74, 6) is 0.719. The van der Waals surface area contributed by atoms with Gasteiger partial charge >= 0.3 is 0 Å². The first kappa shape index (κ1) is 67.0. The smallest absolute Gasteiger partial charge is 0.246 e. The summed E-state index contributed by atoms with van der Waals surface area (Å²) in [4.78, 5) is 23.5. The molecule has 0 aromatic rings. The molecule has 392 valence electrons. The topological polar surface area (TPSA) is 305 Å². The molecule has 66 heavy (non-hydrogen) atoms. The van der Waals surface area contributed by atoms with Crippen molar-refractivity contribution in [3.05, 3.63) is 0 Å². The molecule has 0 saturated carbocycles. The Balaban J connectivity index is 0. The molecule has 0 aromatic carbocycles. The van der Waals surface area contributed by atoms with Gasteiger partial charge in [-0.15, -0.1) is 36.6 Å².